The van der Waals surface area contributed by atoms with Crippen molar-refractivity contribution in [3.63, 3.8) is 0 Å². The molecule has 0 bridgehead atoms. The van der Waals surface area contributed by atoms with Crippen molar-refractivity contribution in [2.75, 3.05) is 26.3 Å². The van der Waals surface area contributed by atoms with Gasteiger partial charge in [0.05, 0.1) is 24.5 Å². The summed E-state index contributed by atoms with van der Waals surface area (Å²) in [4.78, 5) is 32.4. The zero-order valence-electron chi connectivity index (χ0n) is 30.0. The van der Waals surface area contributed by atoms with E-state index in [1.807, 2.05) is 97.1 Å². The minimum absolute atomic E-state index is 0.134. The first kappa shape index (κ1) is 36.3. The van der Waals surface area contributed by atoms with E-state index in [1.54, 1.807) is 12.1 Å². The number of likely N-dealkylation sites (tertiary alicyclic amines) is 2. The Kier molecular flexibility index (Phi) is 11.5. The van der Waals surface area contributed by atoms with Crippen LogP contribution in [0.5, 0.6) is 11.5 Å². The number of allylic oxidation sites excluding steroid dienone is 1. The molecule has 3 N–H and O–H groups in total. The molecule has 0 unspecified atom stereocenters. The van der Waals surface area contributed by atoms with E-state index in [1.165, 1.54) is 10.5 Å². The molecule has 8 heteroatoms. The first-order valence-corrected chi connectivity index (χ1v) is 18.8. The number of para-hydroxylation sites is 2. The largest absolute Gasteiger partial charge is 0.507 e. The quantitative estimate of drug-likeness (QED) is 0.0802. The fourth-order valence-electron chi connectivity index (χ4n) is 8.54. The second-order valence-electron chi connectivity index (χ2n) is 14.5. The van der Waals surface area contributed by atoms with Gasteiger partial charge in [-0.3, -0.25) is 19.4 Å². The van der Waals surface area contributed by atoms with Crippen LogP contribution in [0.4, 0.5) is 0 Å². The highest BCUT2D eigenvalue weighted by Crippen LogP contribution is 2.47. The van der Waals surface area contributed by atoms with Crippen LogP contribution < -0.4 is 4.74 Å². The van der Waals surface area contributed by atoms with E-state index in [0.717, 1.165) is 36.3 Å². The average molecular weight is 713 g/mol. The number of benzene rings is 4. The van der Waals surface area contributed by atoms with Crippen molar-refractivity contribution in [3.05, 3.63) is 143 Å². The average Bonchev–Trinajstić information content (AvgIpc) is 3.45. The van der Waals surface area contributed by atoms with Crippen LogP contribution in [0.25, 0.3) is 11.6 Å². The highest BCUT2D eigenvalue weighted by Gasteiger charge is 2.56. The third kappa shape index (κ3) is 8.15. The van der Waals surface area contributed by atoms with Crippen LogP contribution in [0.15, 0.2) is 126 Å². The highest BCUT2D eigenvalue weighted by atomic mass is 16.5. The topological polar surface area (TPSA) is 111 Å². The third-order valence-corrected chi connectivity index (χ3v) is 11.2. The minimum atomic E-state index is -1.00. The number of hydrogen-bond donors (Lipinski definition) is 3. The number of aromatic hydroxyl groups is 1. The first-order valence-electron chi connectivity index (χ1n) is 18.8. The lowest BCUT2D eigenvalue weighted by molar-refractivity contribution is -0.144. The number of amides is 2. The molecule has 3 aliphatic rings. The Hall–Kier alpha value is -5.02. The number of ether oxygens (including phenoxy) is 1. The van der Waals surface area contributed by atoms with Crippen LogP contribution in [0, 0.1) is 17.8 Å². The number of phenols is 1. The molecule has 0 spiro atoms. The molecule has 8 nitrogen and oxygen atoms in total. The van der Waals surface area contributed by atoms with E-state index >= 15 is 0 Å². The summed E-state index contributed by atoms with van der Waals surface area (Å²) in [7, 11) is 0. The lowest BCUT2D eigenvalue weighted by Crippen LogP contribution is -2.47. The molecule has 2 fully saturated rings. The van der Waals surface area contributed by atoms with Crippen molar-refractivity contribution in [1.82, 2.24) is 9.80 Å². The predicted octanol–water partition coefficient (Wildman–Crippen LogP) is 6.73. The molecule has 274 valence electrons. The van der Waals surface area contributed by atoms with Crippen LogP contribution in [-0.2, 0) is 16.1 Å². The Bertz CT molecular complexity index is 1920. The van der Waals surface area contributed by atoms with Gasteiger partial charge in [0.2, 0.25) is 11.8 Å². The zero-order chi connectivity index (χ0) is 36.7. The number of imide groups is 1. The van der Waals surface area contributed by atoms with E-state index in [2.05, 4.69) is 17.0 Å². The maximum absolute atomic E-state index is 14.3. The van der Waals surface area contributed by atoms with Crippen LogP contribution in [0.1, 0.15) is 48.8 Å². The summed E-state index contributed by atoms with van der Waals surface area (Å²) in [5, 5.41) is 33.6. The molecular formula is C45H48N2O6. The Balaban J connectivity index is 1.13. The standard InChI is InChI=1S/C45H48N2O6/c48-29-39-42(41(50)21-20-33(32-14-6-2-7-15-32)26-34-16-10-11-19-40(34)49)35(30-53-37-17-8-3-9-18-37)27-38-43(39)45(52)47(44(38)51)36-22-24-46(25-23-36)28-31-12-4-1-5-13-31/h1-19,26,36,38-39,41,43,48-50H,20-25,27-30H2/b33-26-/t38-,39+,41-,43-/m1/s1. The molecule has 2 amide bonds. The molecule has 1 aliphatic carbocycles. The monoisotopic (exact) mass is 712 g/mol. The number of carbonyl (C=O) groups is 2. The van der Waals surface area contributed by atoms with Gasteiger partial charge >= 0.3 is 0 Å². The van der Waals surface area contributed by atoms with Crippen LogP contribution >= 0.6 is 0 Å². The number of aliphatic hydroxyl groups excluding tert-OH is 2. The van der Waals surface area contributed by atoms with E-state index in [-0.39, 0.29) is 43.2 Å². The lowest BCUT2D eigenvalue weighted by atomic mass is 9.68. The Morgan fingerprint density at radius 3 is 2.15 bits per heavy atom. The van der Waals surface area contributed by atoms with Crippen LogP contribution in [0.2, 0.25) is 0 Å². The number of hydrogen-bond acceptors (Lipinski definition) is 7. The van der Waals surface area contributed by atoms with Gasteiger partial charge in [-0.05, 0) is 84.2 Å². The normalized spacial score (nSPS) is 21.9. The number of piperidine rings is 1. The van der Waals surface area contributed by atoms with Crippen molar-refractivity contribution in [2.24, 2.45) is 17.8 Å². The predicted molar refractivity (Wildman–Crippen MR) is 205 cm³/mol. The molecule has 2 saturated heterocycles. The van der Waals surface area contributed by atoms with Gasteiger partial charge in [0.25, 0.3) is 0 Å². The second kappa shape index (κ2) is 16.8. The Morgan fingerprint density at radius 2 is 1.47 bits per heavy atom. The van der Waals surface area contributed by atoms with Gasteiger partial charge in [-0.1, -0.05) is 97.1 Å². The number of aliphatic hydroxyl groups is 2. The molecular weight excluding hydrogens is 665 g/mol. The van der Waals surface area contributed by atoms with Crippen molar-refractivity contribution < 1.29 is 29.6 Å². The van der Waals surface area contributed by atoms with E-state index in [4.69, 9.17) is 4.74 Å². The summed E-state index contributed by atoms with van der Waals surface area (Å²) in [6, 6.07) is 36.5. The maximum Gasteiger partial charge on any atom is 0.234 e. The van der Waals surface area contributed by atoms with E-state index in [0.29, 0.717) is 42.6 Å². The first-order chi connectivity index (χ1) is 25.9. The van der Waals surface area contributed by atoms with Crippen molar-refractivity contribution in [2.45, 2.75) is 50.8 Å². The van der Waals surface area contributed by atoms with Crippen molar-refractivity contribution in [3.8, 4) is 11.5 Å². The summed E-state index contributed by atoms with van der Waals surface area (Å²) >= 11 is 0. The molecule has 4 aromatic rings. The van der Waals surface area contributed by atoms with Gasteiger partial charge in [-0.25, -0.2) is 0 Å². The fourth-order valence-corrected chi connectivity index (χ4v) is 8.54. The van der Waals surface area contributed by atoms with Crippen LogP contribution in [-0.4, -0.2) is 75.4 Å². The molecule has 0 aromatic heterocycles. The summed E-state index contributed by atoms with van der Waals surface area (Å²) in [5.74, 6) is -1.68. The molecule has 0 saturated carbocycles. The summed E-state index contributed by atoms with van der Waals surface area (Å²) in [5.41, 5.74) is 5.16. The molecule has 0 radical (unpaired) electrons. The maximum atomic E-state index is 14.3. The summed E-state index contributed by atoms with van der Waals surface area (Å²) in [6.45, 7) is 2.16. The van der Waals surface area contributed by atoms with Crippen LogP contribution in [0.3, 0.4) is 0 Å². The van der Waals surface area contributed by atoms with Gasteiger partial charge in [-0.2, -0.15) is 0 Å². The second-order valence-corrected chi connectivity index (χ2v) is 14.5. The van der Waals surface area contributed by atoms with E-state index < -0.39 is 23.9 Å². The Labute approximate surface area is 311 Å². The number of phenolic OH excluding ortho intramolecular Hbond substituents is 1. The number of nitrogens with zero attached hydrogens (tertiary/aromatic N) is 2. The van der Waals surface area contributed by atoms with Gasteiger partial charge in [0, 0.05) is 37.2 Å². The number of carbonyl (C=O) groups excluding carboxylic acids is 2. The van der Waals surface area contributed by atoms with Gasteiger partial charge in [-0.15, -0.1) is 0 Å². The SMILES string of the molecule is O=C1[C@@H]2[C@@H](CC(COc3ccccc3)=C([C@H](O)CC/C(=C/c3ccccc3O)c3ccccc3)[C@@H]2CO)C(=O)N1C1CCN(Cc2ccccc2)CC1. The van der Waals surface area contributed by atoms with Gasteiger partial charge in [0.1, 0.15) is 18.1 Å². The van der Waals surface area contributed by atoms with Gasteiger partial charge < -0.3 is 20.1 Å². The number of fused-ring (bicyclic) bond motifs is 1. The van der Waals surface area contributed by atoms with Crippen molar-refractivity contribution in [1.29, 1.82) is 0 Å². The number of rotatable bonds is 13. The molecule has 4 aromatic carbocycles. The van der Waals surface area contributed by atoms with E-state index in [9.17, 15) is 24.9 Å². The highest BCUT2D eigenvalue weighted by molar-refractivity contribution is 6.06. The minimum Gasteiger partial charge on any atom is -0.507 e. The molecule has 4 atom stereocenters. The summed E-state index contributed by atoms with van der Waals surface area (Å²) in [6.07, 6.45) is 3.39. The summed E-state index contributed by atoms with van der Waals surface area (Å²) < 4.78 is 6.22. The molecule has 2 aliphatic heterocycles. The third-order valence-electron chi connectivity index (χ3n) is 11.2. The molecule has 2 heterocycles. The zero-order valence-corrected chi connectivity index (χ0v) is 30.0. The van der Waals surface area contributed by atoms with Gasteiger partial charge in [0.15, 0.2) is 0 Å². The molecule has 53 heavy (non-hydrogen) atoms. The fraction of sp³-hybridized carbons (Fsp3) is 0.333. The molecule has 7 rings (SSSR count). The smallest absolute Gasteiger partial charge is 0.234 e. The Morgan fingerprint density at radius 1 is 0.830 bits per heavy atom. The lowest BCUT2D eigenvalue weighted by Gasteiger charge is -2.37. The van der Waals surface area contributed by atoms with Crippen molar-refractivity contribution >= 4 is 23.5 Å².